The van der Waals surface area contributed by atoms with Crippen LogP contribution in [0.5, 0.6) is 0 Å². The fourth-order valence-corrected chi connectivity index (χ4v) is 5.36. The minimum Gasteiger partial charge on any atom is -0.616 e. The molecule has 1 aliphatic heterocycles. The number of carboxylic acid groups (broad SMARTS) is 1. The lowest BCUT2D eigenvalue weighted by Gasteiger charge is -2.46. The van der Waals surface area contributed by atoms with E-state index < -0.39 is 78.2 Å². The van der Waals surface area contributed by atoms with Gasteiger partial charge in [0.25, 0.3) is 11.7 Å². The smallest absolute Gasteiger partial charge is 0.364 e. The number of amides is 2. The number of carbonyl (C=O) groups is 3. The minimum atomic E-state index is -2.41. The summed E-state index contributed by atoms with van der Waals surface area (Å²) in [5, 5.41) is 47.5. The molecule has 42 heavy (non-hydrogen) atoms. The normalized spacial score (nSPS) is 24.3. The third kappa shape index (κ3) is 8.74. The monoisotopic (exact) mass is 606 g/mol. The molecule has 7 atom stereocenters. The molecule has 230 valence electrons. The molecule has 0 aliphatic carbocycles. The topological polar surface area (TPSA) is 198 Å². The minimum absolute atomic E-state index is 0.167. The number of carboxylic acids is 1. The van der Waals surface area contributed by atoms with Crippen LogP contribution in [0, 0.1) is 0 Å². The van der Waals surface area contributed by atoms with Crippen molar-refractivity contribution in [1.29, 1.82) is 0 Å². The summed E-state index contributed by atoms with van der Waals surface area (Å²) < 4.78 is 22.9. The quantitative estimate of drug-likeness (QED) is 0.129. The van der Waals surface area contributed by atoms with Crippen molar-refractivity contribution >= 4 is 29.0 Å². The number of rotatable bonds is 14. The van der Waals surface area contributed by atoms with Gasteiger partial charge in [0, 0.05) is 31.9 Å². The van der Waals surface area contributed by atoms with Gasteiger partial charge in [0.15, 0.2) is 0 Å². The highest BCUT2D eigenvalue weighted by Gasteiger charge is 2.55. The Morgan fingerprint density at radius 2 is 1.76 bits per heavy atom. The van der Waals surface area contributed by atoms with Gasteiger partial charge in [-0.15, -0.1) is 0 Å². The number of benzene rings is 2. The van der Waals surface area contributed by atoms with E-state index in [1.165, 1.54) is 6.92 Å². The van der Waals surface area contributed by atoms with E-state index in [0.29, 0.717) is 11.3 Å². The molecule has 2 aromatic carbocycles. The largest absolute Gasteiger partial charge is 0.616 e. The lowest BCUT2D eigenvalue weighted by molar-refractivity contribution is -0.310. The Bertz CT molecular complexity index is 1180. The van der Waals surface area contributed by atoms with Crippen molar-refractivity contribution in [3.63, 3.8) is 0 Å². The van der Waals surface area contributed by atoms with Crippen LogP contribution >= 0.6 is 0 Å². The second-order valence-corrected chi connectivity index (χ2v) is 11.8. The molecular weight excluding hydrogens is 568 g/mol. The van der Waals surface area contributed by atoms with Crippen molar-refractivity contribution in [3.8, 4) is 11.1 Å². The molecule has 0 spiro atoms. The molecule has 13 heteroatoms. The van der Waals surface area contributed by atoms with Crippen LogP contribution in [0.25, 0.3) is 11.1 Å². The van der Waals surface area contributed by atoms with Gasteiger partial charge >= 0.3 is 5.97 Å². The Balaban J connectivity index is 1.69. The molecule has 0 aromatic heterocycles. The van der Waals surface area contributed by atoms with Crippen molar-refractivity contribution in [3.05, 3.63) is 60.2 Å². The Morgan fingerprint density at radius 3 is 2.36 bits per heavy atom. The molecule has 2 unspecified atom stereocenters. The molecule has 6 N–H and O–H groups in total. The molecule has 1 aliphatic rings. The molecule has 1 fully saturated rings. The highest BCUT2D eigenvalue weighted by molar-refractivity contribution is 7.91. The molecule has 0 saturated carbocycles. The molecule has 1 saturated heterocycles. The maximum atomic E-state index is 12.7. The maximum absolute atomic E-state index is 12.7. The van der Waals surface area contributed by atoms with Gasteiger partial charge in [-0.05, 0) is 30.2 Å². The Labute approximate surface area is 247 Å². The second-order valence-electron chi connectivity index (χ2n) is 9.98. The number of aliphatic carboxylic acids is 1. The van der Waals surface area contributed by atoms with Gasteiger partial charge in [-0.2, -0.15) is 0 Å². The summed E-state index contributed by atoms with van der Waals surface area (Å²) >= 11 is -1.10. The highest BCUT2D eigenvalue weighted by Crippen LogP contribution is 2.33. The first-order valence-corrected chi connectivity index (χ1v) is 15.1. The van der Waals surface area contributed by atoms with Crippen LogP contribution in [0.3, 0.4) is 0 Å². The van der Waals surface area contributed by atoms with Crippen LogP contribution in [0.2, 0.25) is 0 Å². The molecule has 12 nitrogen and oxygen atoms in total. The first-order valence-electron chi connectivity index (χ1n) is 13.6. The summed E-state index contributed by atoms with van der Waals surface area (Å²) in [4.78, 5) is 36.8. The molecule has 2 aromatic rings. The highest BCUT2D eigenvalue weighted by atomic mass is 32.2. The van der Waals surface area contributed by atoms with Crippen LogP contribution in [0.1, 0.15) is 37.0 Å². The van der Waals surface area contributed by atoms with E-state index in [9.17, 15) is 39.4 Å². The van der Waals surface area contributed by atoms with Crippen LogP contribution < -0.4 is 10.6 Å². The number of nitrogens with one attached hydrogen (secondary N) is 2. The number of aliphatic hydroxyl groups excluding tert-OH is 3. The Morgan fingerprint density at radius 1 is 1.12 bits per heavy atom. The zero-order chi connectivity index (χ0) is 30.9. The summed E-state index contributed by atoms with van der Waals surface area (Å²) in [7, 11) is 0. The molecule has 3 rings (SSSR count). The molecular formula is C29H38N2O10S. The predicted molar refractivity (Wildman–Crippen MR) is 154 cm³/mol. The molecule has 1 heterocycles. The van der Waals surface area contributed by atoms with Crippen molar-refractivity contribution in [2.24, 2.45) is 0 Å². The third-order valence-corrected chi connectivity index (χ3v) is 8.29. The van der Waals surface area contributed by atoms with E-state index in [1.54, 1.807) is 31.2 Å². The van der Waals surface area contributed by atoms with Crippen molar-refractivity contribution in [2.45, 2.75) is 62.9 Å². The number of aliphatic hydroxyl groups is 3. The van der Waals surface area contributed by atoms with Gasteiger partial charge in [-0.1, -0.05) is 53.6 Å². The van der Waals surface area contributed by atoms with E-state index >= 15 is 0 Å². The zero-order valence-electron chi connectivity index (χ0n) is 23.5. The standard InChI is InChI=1S/C29H38N2O10S/c1-3-42(39)15-7-14-40-29(28(37)38)16-22(33)24(31-18(2)32)26(41-29)25(35)23(34)17-30-27(36)21-12-10-20(11-13-21)19-8-5-4-6-9-19/h4-6,8-13,22-26,33-35H,3,7,14-17H2,1-2H3,(H,30,36)(H,31,32)(H,37,38)/t22-,23+,24+,25?,26+,29+,42?/m0/s1. The molecule has 0 bridgehead atoms. The van der Waals surface area contributed by atoms with Crippen LogP contribution in [-0.4, -0.2) is 104 Å². The summed E-state index contributed by atoms with van der Waals surface area (Å²) in [6.07, 6.45) is -7.03. The van der Waals surface area contributed by atoms with Crippen LogP contribution in [0.4, 0.5) is 0 Å². The summed E-state index contributed by atoms with van der Waals surface area (Å²) in [6.45, 7) is 2.30. The van der Waals surface area contributed by atoms with Gasteiger partial charge in [0.05, 0.1) is 24.9 Å². The van der Waals surface area contributed by atoms with Gasteiger partial charge in [-0.3, -0.25) is 9.59 Å². The first-order chi connectivity index (χ1) is 20.0. The van der Waals surface area contributed by atoms with E-state index in [-0.39, 0.29) is 18.8 Å². The van der Waals surface area contributed by atoms with E-state index in [2.05, 4.69) is 10.6 Å². The Hall–Kier alpha value is -3.04. The van der Waals surface area contributed by atoms with Gasteiger partial charge in [0.1, 0.15) is 23.7 Å². The van der Waals surface area contributed by atoms with Crippen molar-refractivity contribution in [2.75, 3.05) is 24.7 Å². The lowest BCUT2D eigenvalue weighted by atomic mass is 9.88. The van der Waals surface area contributed by atoms with E-state index in [4.69, 9.17) is 9.47 Å². The van der Waals surface area contributed by atoms with E-state index in [0.717, 1.165) is 11.1 Å². The maximum Gasteiger partial charge on any atom is 0.364 e. The first kappa shape index (κ1) is 33.5. The fourth-order valence-electron chi connectivity index (χ4n) is 4.64. The van der Waals surface area contributed by atoms with Gasteiger partial charge in [-0.25, -0.2) is 4.79 Å². The fraction of sp³-hybridized carbons (Fsp3) is 0.483. The van der Waals surface area contributed by atoms with Crippen molar-refractivity contribution in [1.82, 2.24) is 10.6 Å². The number of hydrogen-bond donors (Lipinski definition) is 6. The second kappa shape index (κ2) is 15.4. The van der Waals surface area contributed by atoms with Crippen LogP contribution in [-0.2, 0) is 30.2 Å². The number of carbonyl (C=O) groups excluding carboxylic acids is 2. The summed E-state index contributed by atoms with van der Waals surface area (Å²) in [5.41, 5.74) is 2.19. The number of ether oxygens (including phenoxy) is 2. The van der Waals surface area contributed by atoms with Gasteiger partial charge < -0.3 is 45.1 Å². The van der Waals surface area contributed by atoms with Crippen LogP contribution in [0.15, 0.2) is 54.6 Å². The average Bonchev–Trinajstić information content (AvgIpc) is 2.98. The third-order valence-electron chi connectivity index (χ3n) is 6.90. The van der Waals surface area contributed by atoms with Gasteiger partial charge in [0.2, 0.25) is 5.91 Å². The van der Waals surface area contributed by atoms with Crippen molar-refractivity contribution < 1.29 is 48.8 Å². The lowest BCUT2D eigenvalue weighted by Crippen LogP contribution is -2.68. The molecule has 2 amide bonds. The molecule has 0 radical (unpaired) electrons. The average molecular weight is 607 g/mol. The predicted octanol–water partition coefficient (Wildman–Crippen LogP) is 0.416. The summed E-state index contributed by atoms with van der Waals surface area (Å²) in [5.74, 6) is -4.42. The summed E-state index contributed by atoms with van der Waals surface area (Å²) in [6, 6.07) is 15.0. The number of hydrogen-bond acceptors (Lipinski definition) is 9. The SMILES string of the molecule is CC[S+]([O-])CCCO[C@]1(C(=O)O)C[C@H](O)[C@@H](NC(C)=O)[C@H](C(O)[C@H](O)CNC(=O)c2ccc(-c3ccccc3)cc2)O1. The Kier molecular flexibility index (Phi) is 12.3. The van der Waals surface area contributed by atoms with E-state index in [1.807, 2.05) is 30.3 Å². The zero-order valence-corrected chi connectivity index (χ0v) is 24.3.